The van der Waals surface area contributed by atoms with Crippen LogP contribution in [0.2, 0.25) is 0 Å². The molecule has 88 valence electrons. The quantitative estimate of drug-likeness (QED) is 0.855. The van der Waals surface area contributed by atoms with Crippen LogP contribution < -0.4 is 10.2 Å². The van der Waals surface area contributed by atoms with Gasteiger partial charge in [0.15, 0.2) is 0 Å². The lowest BCUT2D eigenvalue weighted by atomic mass is 10.2. The fourth-order valence-corrected chi connectivity index (χ4v) is 3.08. The van der Waals surface area contributed by atoms with Crippen LogP contribution in [0.4, 0.5) is 11.6 Å². The van der Waals surface area contributed by atoms with Crippen LogP contribution in [-0.4, -0.2) is 35.6 Å². The van der Waals surface area contributed by atoms with Gasteiger partial charge in [0.25, 0.3) is 0 Å². The molecule has 0 aromatic carbocycles. The van der Waals surface area contributed by atoms with Crippen LogP contribution in [0, 0.1) is 0 Å². The molecule has 3 nitrogen and oxygen atoms in total. The van der Waals surface area contributed by atoms with Crippen molar-refractivity contribution in [3.63, 3.8) is 0 Å². The fourth-order valence-electron chi connectivity index (χ4n) is 1.98. The standard InChI is InChI=1S/C12H19N3S/c1-9-10(2)16-8-7-15(9)12-6-4-5-11(13-3)14-12/h4-6,9-10H,7-8H2,1-3H3,(H,13,14). The van der Waals surface area contributed by atoms with Crippen LogP contribution in [0.15, 0.2) is 18.2 Å². The minimum Gasteiger partial charge on any atom is -0.373 e. The summed E-state index contributed by atoms with van der Waals surface area (Å²) in [7, 11) is 1.91. The molecule has 16 heavy (non-hydrogen) atoms. The molecule has 1 N–H and O–H groups in total. The first kappa shape index (κ1) is 11.6. The number of aromatic nitrogens is 1. The SMILES string of the molecule is CNc1cccc(N2CCSC(C)C2C)n1. The van der Waals surface area contributed by atoms with E-state index < -0.39 is 0 Å². The van der Waals surface area contributed by atoms with E-state index in [1.54, 1.807) is 0 Å². The zero-order valence-electron chi connectivity index (χ0n) is 10.1. The maximum absolute atomic E-state index is 4.61. The van der Waals surface area contributed by atoms with Gasteiger partial charge < -0.3 is 10.2 Å². The van der Waals surface area contributed by atoms with Gasteiger partial charge in [-0.2, -0.15) is 11.8 Å². The maximum atomic E-state index is 4.61. The number of nitrogens with one attached hydrogen (secondary N) is 1. The minimum absolute atomic E-state index is 0.554. The number of hydrogen-bond acceptors (Lipinski definition) is 4. The molecule has 1 saturated heterocycles. The Bertz CT molecular complexity index is 356. The number of hydrogen-bond donors (Lipinski definition) is 1. The second-order valence-corrected chi connectivity index (χ2v) is 5.63. The van der Waals surface area contributed by atoms with Crippen LogP contribution in [0.5, 0.6) is 0 Å². The molecule has 0 saturated carbocycles. The number of thioether (sulfide) groups is 1. The molecule has 2 unspecified atom stereocenters. The lowest BCUT2D eigenvalue weighted by Crippen LogP contribution is -2.45. The van der Waals surface area contributed by atoms with Gasteiger partial charge in [-0.05, 0) is 19.1 Å². The van der Waals surface area contributed by atoms with E-state index in [2.05, 4.69) is 41.2 Å². The Hall–Kier alpha value is -0.900. The van der Waals surface area contributed by atoms with Crippen LogP contribution >= 0.6 is 11.8 Å². The minimum atomic E-state index is 0.554. The summed E-state index contributed by atoms with van der Waals surface area (Å²) in [6, 6.07) is 6.71. The molecule has 4 heteroatoms. The summed E-state index contributed by atoms with van der Waals surface area (Å²) in [6.07, 6.45) is 0. The molecule has 2 atom stereocenters. The van der Waals surface area contributed by atoms with Crippen molar-refractivity contribution < 1.29 is 0 Å². The van der Waals surface area contributed by atoms with Gasteiger partial charge in [0, 0.05) is 30.6 Å². The fraction of sp³-hybridized carbons (Fsp3) is 0.583. The molecule has 1 aliphatic rings. The molecule has 0 spiro atoms. The Morgan fingerprint density at radius 3 is 3.00 bits per heavy atom. The Balaban J connectivity index is 2.21. The van der Waals surface area contributed by atoms with Crippen molar-refractivity contribution in [3.05, 3.63) is 18.2 Å². The predicted molar refractivity (Wildman–Crippen MR) is 72.5 cm³/mol. The molecule has 0 amide bonds. The molecule has 1 aromatic heterocycles. The Labute approximate surface area is 102 Å². The van der Waals surface area contributed by atoms with E-state index in [4.69, 9.17) is 0 Å². The van der Waals surface area contributed by atoms with Crippen LogP contribution in [0.25, 0.3) is 0 Å². The first-order valence-electron chi connectivity index (χ1n) is 5.75. The van der Waals surface area contributed by atoms with E-state index in [-0.39, 0.29) is 0 Å². The first-order chi connectivity index (χ1) is 7.72. The Morgan fingerprint density at radius 2 is 2.25 bits per heavy atom. The summed E-state index contributed by atoms with van der Waals surface area (Å²) in [6.45, 7) is 5.67. The van der Waals surface area contributed by atoms with Crippen molar-refractivity contribution in [1.82, 2.24) is 4.98 Å². The van der Waals surface area contributed by atoms with Crippen molar-refractivity contribution >= 4 is 23.4 Å². The molecule has 0 aliphatic carbocycles. The molecular formula is C12H19N3S. The van der Waals surface area contributed by atoms with Gasteiger partial charge in [0.05, 0.1) is 0 Å². The van der Waals surface area contributed by atoms with Crippen molar-refractivity contribution in [2.45, 2.75) is 25.1 Å². The van der Waals surface area contributed by atoms with Gasteiger partial charge in [-0.3, -0.25) is 0 Å². The molecule has 1 aliphatic heterocycles. The summed E-state index contributed by atoms with van der Waals surface area (Å²) < 4.78 is 0. The van der Waals surface area contributed by atoms with Crippen LogP contribution in [-0.2, 0) is 0 Å². The van der Waals surface area contributed by atoms with E-state index in [1.807, 2.05) is 24.9 Å². The zero-order chi connectivity index (χ0) is 11.5. The summed E-state index contributed by atoms with van der Waals surface area (Å²) in [5.74, 6) is 3.22. The van der Waals surface area contributed by atoms with Gasteiger partial charge in [0.1, 0.15) is 11.6 Å². The molecule has 2 rings (SSSR count). The molecule has 1 fully saturated rings. The average Bonchev–Trinajstić information content (AvgIpc) is 2.33. The van der Waals surface area contributed by atoms with E-state index in [9.17, 15) is 0 Å². The number of rotatable bonds is 2. The third-order valence-electron chi connectivity index (χ3n) is 3.17. The van der Waals surface area contributed by atoms with Crippen molar-refractivity contribution in [2.24, 2.45) is 0 Å². The molecule has 2 heterocycles. The summed E-state index contributed by atoms with van der Waals surface area (Å²) in [5.41, 5.74) is 0. The largest absolute Gasteiger partial charge is 0.373 e. The summed E-state index contributed by atoms with van der Waals surface area (Å²) in [5, 5.41) is 3.76. The highest BCUT2D eigenvalue weighted by molar-refractivity contribution is 8.00. The third kappa shape index (κ3) is 2.26. The van der Waals surface area contributed by atoms with Crippen molar-refractivity contribution in [3.8, 4) is 0 Å². The van der Waals surface area contributed by atoms with Crippen molar-refractivity contribution in [1.29, 1.82) is 0 Å². The smallest absolute Gasteiger partial charge is 0.131 e. The molecule has 0 radical (unpaired) electrons. The third-order valence-corrected chi connectivity index (χ3v) is 4.51. The van der Waals surface area contributed by atoms with Crippen molar-refractivity contribution in [2.75, 3.05) is 29.6 Å². The normalized spacial score (nSPS) is 25.6. The van der Waals surface area contributed by atoms with Gasteiger partial charge in [-0.1, -0.05) is 13.0 Å². The van der Waals surface area contributed by atoms with Gasteiger partial charge in [-0.15, -0.1) is 0 Å². The predicted octanol–water partition coefficient (Wildman–Crippen LogP) is 2.45. The van der Waals surface area contributed by atoms with Crippen LogP contribution in [0.3, 0.4) is 0 Å². The van der Waals surface area contributed by atoms with Crippen LogP contribution in [0.1, 0.15) is 13.8 Å². The highest BCUT2D eigenvalue weighted by atomic mass is 32.2. The number of nitrogens with zero attached hydrogens (tertiary/aromatic N) is 2. The van der Waals surface area contributed by atoms with Gasteiger partial charge in [0.2, 0.25) is 0 Å². The van der Waals surface area contributed by atoms with E-state index in [0.717, 1.165) is 18.2 Å². The Kier molecular flexibility index (Phi) is 3.59. The second-order valence-electron chi connectivity index (χ2n) is 4.14. The van der Waals surface area contributed by atoms with E-state index >= 15 is 0 Å². The maximum Gasteiger partial charge on any atom is 0.131 e. The molecular weight excluding hydrogens is 218 g/mol. The lowest BCUT2D eigenvalue weighted by molar-refractivity contribution is 0.621. The lowest BCUT2D eigenvalue weighted by Gasteiger charge is -2.38. The monoisotopic (exact) mass is 237 g/mol. The molecule has 0 bridgehead atoms. The molecule has 1 aromatic rings. The zero-order valence-corrected chi connectivity index (χ0v) is 10.9. The highest BCUT2D eigenvalue weighted by Crippen LogP contribution is 2.28. The summed E-state index contributed by atoms with van der Waals surface area (Å²) in [4.78, 5) is 7.01. The summed E-state index contributed by atoms with van der Waals surface area (Å²) >= 11 is 2.05. The van der Waals surface area contributed by atoms with Gasteiger partial charge >= 0.3 is 0 Å². The number of pyridine rings is 1. The first-order valence-corrected chi connectivity index (χ1v) is 6.80. The van der Waals surface area contributed by atoms with E-state index in [0.29, 0.717) is 11.3 Å². The van der Waals surface area contributed by atoms with E-state index in [1.165, 1.54) is 5.75 Å². The highest BCUT2D eigenvalue weighted by Gasteiger charge is 2.25. The van der Waals surface area contributed by atoms with Gasteiger partial charge in [-0.25, -0.2) is 4.98 Å². The topological polar surface area (TPSA) is 28.2 Å². The Morgan fingerprint density at radius 1 is 1.44 bits per heavy atom. The average molecular weight is 237 g/mol. The number of anilines is 2. The second kappa shape index (κ2) is 4.95.